The van der Waals surface area contributed by atoms with Gasteiger partial charge in [0.05, 0.1) is 23.7 Å². The molecule has 30 heavy (non-hydrogen) atoms. The number of methoxy groups -OCH3 is 1. The Balaban J connectivity index is 1.72. The number of nitrogens with zero attached hydrogens (tertiary/aromatic N) is 2. The summed E-state index contributed by atoms with van der Waals surface area (Å²) in [5.41, 5.74) is 2.87. The maximum atomic E-state index is 12.6. The van der Waals surface area contributed by atoms with Gasteiger partial charge in [0.15, 0.2) is 16.3 Å². The van der Waals surface area contributed by atoms with Crippen LogP contribution in [0.5, 0.6) is 11.5 Å². The van der Waals surface area contributed by atoms with E-state index in [1.165, 1.54) is 24.0 Å². The average Bonchev–Trinajstić information content (AvgIpc) is 3.08. The maximum absolute atomic E-state index is 12.6. The Kier molecular flexibility index (Phi) is 5.85. The fourth-order valence-electron chi connectivity index (χ4n) is 3.25. The predicted octanol–water partition coefficient (Wildman–Crippen LogP) is 2.88. The minimum Gasteiger partial charge on any atom is -0.486 e. The lowest BCUT2D eigenvalue weighted by atomic mass is 10.1. The van der Waals surface area contributed by atoms with Crippen molar-refractivity contribution in [3.63, 3.8) is 0 Å². The van der Waals surface area contributed by atoms with Gasteiger partial charge in [-0.25, -0.2) is 0 Å². The number of aryl methyl sites for hydroxylation is 1. The number of thiazole rings is 1. The highest BCUT2D eigenvalue weighted by atomic mass is 32.1. The Bertz CT molecular complexity index is 1160. The van der Waals surface area contributed by atoms with Crippen LogP contribution < -0.4 is 14.3 Å². The van der Waals surface area contributed by atoms with Crippen LogP contribution >= 0.6 is 11.3 Å². The van der Waals surface area contributed by atoms with Gasteiger partial charge in [-0.3, -0.25) is 9.59 Å². The number of hydrogen-bond donors (Lipinski definition) is 0. The number of ether oxygens (including phenoxy) is 3. The van der Waals surface area contributed by atoms with Gasteiger partial charge >= 0.3 is 5.97 Å². The second-order valence-corrected chi connectivity index (χ2v) is 7.87. The van der Waals surface area contributed by atoms with Crippen LogP contribution in [0.1, 0.15) is 18.1 Å². The second kappa shape index (κ2) is 8.71. The summed E-state index contributed by atoms with van der Waals surface area (Å²) in [6.45, 7) is 2.99. The monoisotopic (exact) mass is 426 g/mol. The molecule has 1 aliphatic rings. The third-order valence-corrected chi connectivity index (χ3v) is 5.91. The summed E-state index contributed by atoms with van der Waals surface area (Å²) in [5, 5.41) is 0. The molecule has 0 bridgehead atoms. The van der Waals surface area contributed by atoms with Crippen LogP contribution in [0.3, 0.4) is 0 Å². The first-order valence-electron chi connectivity index (χ1n) is 9.72. The molecule has 0 saturated heterocycles. The number of rotatable bonds is 5. The predicted molar refractivity (Wildman–Crippen MR) is 113 cm³/mol. The van der Waals surface area contributed by atoms with Crippen molar-refractivity contribution in [2.24, 2.45) is 4.99 Å². The number of amides is 1. The SMILES string of the molecule is CCc1ccc(CC(=O)N=c2sc3cc4c(cc3n2CC(=O)OC)OCCO4)cc1. The number of fused-ring (bicyclic) bond motifs is 2. The number of aromatic nitrogens is 1. The molecule has 1 aliphatic heterocycles. The Morgan fingerprint density at radius 2 is 1.77 bits per heavy atom. The van der Waals surface area contributed by atoms with Crippen molar-refractivity contribution in [2.45, 2.75) is 26.3 Å². The summed E-state index contributed by atoms with van der Waals surface area (Å²) in [6.07, 6.45) is 1.14. The Hall–Kier alpha value is -3.13. The van der Waals surface area contributed by atoms with Crippen LogP contribution in [0.15, 0.2) is 41.4 Å². The first kappa shape index (κ1) is 20.2. The topological polar surface area (TPSA) is 79.1 Å². The molecule has 4 rings (SSSR count). The van der Waals surface area contributed by atoms with Crippen LogP contribution in [0, 0.1) is 0 Å². The van der Waals surface area contributed by atoms with Gasteiger partial charge in [0.1, 0.15) is 19.8 Å². The van der Waals surface area contributed by atoms with E-state index in [0.717, 1.165) is 22.2 Å². The van der Waals surface area contributed by atoms with Crippen molar-refractivity contribution in [3.05, 3.63) is 52.3 Å². The minimum atomic E-state index is -0.423. The van der Waals surface area contributed by atoms with Crippen molar-refractivity contribution >= 4 is 33.4 Å². The van der Waals surface area contributed by atoms with Crippen molar-refractivity contribution in [2.75, 3.05) is 20.3 Å². The van der Waals surface area contributed by atoms with Crippen molar-refractivity contribution < 1.29 is 23.8 Å². The second-order valence-electron chi connectivity index (χ2n) is 6.86. The molecule has 1 aromatic heterocycles. The van der Waals surface area contributed by atoms with Gasteiger partial charge < -0.3 is 18.8 Å². The van der Waals surface area contributed by atoms with Gasteiger partial charge in [-0.1, -0.05) is 42.5 Å². The third kappa shape index (κ3) is 4.23. The van der Waals surface area contributed by atoms with E-state index in [9.17, 15) is 9.59 Å². The van der Waals surface area contributed by atoms with Gasteiger partial charge in [0.2, 0.25) is 0 Å². The van der Waals surface area contributed by atoms with Crippen LogP contribution in [0.2, 0.25) is 0 Å². The number of carbonyl (C=O) groups excluding carboxylic acids is 2. The van der Waals surface area contributed by atoms with Crippen molar-refractivity contribution in [1.29, 1.82) is 0 Å². The van der Waals surface area contributed by atoms with Gasteiger partial charge in [-0.2, -0.15) is 4.99 Å². The fourth-order valence-corrected chi connectivity index (χ4v) is 4.31. The normalized spacial score (nSPS) is 13.5. The quantitative estimate of drug-likeness (QED) is 0.586. The van der Waals surface area contributed by atoms with Gasteiger partial charge in [-0.15, -0.1) is 0 Å². The largest absolute Gasteiger partial charge is 0.486 e. The van der Waals surface area contributed by atoms with E-state index in [0.29, 0.717) is 29.5 Å². The van der Waals surface area contributed by atoms with Crippen LogP contribution in [-0.4, -0.2) is 36.8 Å². The zero-order valence-electron chi connectivity index (χ0n) is 16.8. The first-order chi connectivity index (χ1) is 14.6. The van der Waals surface area contributed by atoms with Gasteiger partial charge in [0, 0.05) is 12.1 Å². The van der Waals surface area contributed by atoms with E-state index >= 15 is 0 Å². The molecule has 0 fully saturated rings. The molecule has 1 amide bonds. The standard InChI is InChI=1S/C22H22N2O5S/c1-3-14-4-6-15(7-5-14)10-20(25)23-22-24(13-21(26)27-2)16-11-17-18(12-19(16)30-22)29-9-8-28-17/h4-7,11-12H,3,8-10,13H2,1-2H3. The van der Waals surface area contributed by atoms with E-state index in [1.807, 2.05) is 36.4 Å². The summed E-state index contributed by atoms with van der Waals surface area (Å²) < 4.78 is 18.7. The number of esters is 1. The average molecular weight is 426 g/mol. The summed E-state index contributed by atoms with van der Waals surface area (Å²) in [7, 11) is 1.33. The molecule has 8 heteroatoms. The molecule has 2 aromatic carbocycles. The van der Waals surface area contributed by atoms with Gasteiger partial charge in [0.25, 0.3) is 5.91 Å². The molecule has 3 aromatic rings. The lowest BCUT2D eigenvalue weighted by Gasteiger charge is -2.18. The molecule has 0 aliphatic carbocycles. The lowest BCUT2D eigenvalue weighted by Crippen LogP contribution is -2.23. The Labute approximate surface area is 177 Å². The Morgan fingerprint density at radius 3 is 2.43 bits per heavy atom. The summed E-state index contributed by atoms with van der Waals surface area (Å²) in [6, 6.07) is 11.6. The molecule has 156 valence electrons. The van der Waals surface area contributed by atoms with E-state index in [4.69, 9.17) is 14.2 Å². The molecule has 0 radical (unpaired) electrons. The molecule has 0 saturated carbocycles. The summed E-state index contributed by atoms with van der Waals surface area (Å²) >= 11 is 1.33. The van der Waals surface area contributed by atoms with Crippen LogP contribution in [0.25, 0.3) is 10.2 Å². The zero-order valence-corrected chi connectivity index (χ0v) is 17.7. The van der Waals surface area contributed by atoms with E-state index in [-0.39, 0.29) is 18.9 Å². The first-order valence-corrected chi connectivity index (χ1v) is 10.5. The van der Waals surface area contributed by atoms with Crippen LogP contribution in [0.4, 0.5) is 0 Å². The van der Waals surface area contributed by atoms with Gasteiger partial charge in [-0.05, 0) is 17.5 Å². The lowest BCUT2D eigenvalue weighted by molar-refractivity contribution is -0.141. The van der Waals surface area contributed by atoms with E-state index in [1.54, 1.807) is 4.57 Å². The molecule has 0 unspecified atom stereocenters. The van der Waals surface area contributed by atoms with E-state index in [2.05, 4.69) is 11.9 Å². The molecular weight excluding hydrogens is 404 g/mol. The molecule has 0 atom stereocenters. The maximum Gasteiger partial charge on any atom is 0.325 e. The number of carbonyl (C=O) groups is 2. The van der Waals surface area contributed by atoms with Crippen molar-refractivity contribution in [1.82, 2.24) is 4.57 Å². The fraction of sp³-hybridized carbons (Fsp3) is 0.318. The van der Waals surface area contributed by atoms with Crippen LogP contribution in [-0.2, 0) is 33.7 Å². The number of benzene rings is 2. The minimum absolute atomic E-state index is 0.0482. The molecule has 2 heterocycles. The smallest absolute Gasteiger partial charge is 0.325 e. The van der Waals surface area contributed by atoms with E-state index < -0.39 is 5.97 Å². The molecule has 7 nitrogen and oxygen atoms in total. The highest BCUT2D eigenvalue weighted by Gasteiger charge is 2.18. The highest BCUT2D eigenvalue weighted by Crippen LogP contribution is 2.35. The highest BCUT2D eigenvalue weighted by molar-refractivity contribution is 7.16. The molecule has 0 spiro atoms. The third-order valence-electron chi connectivity index (χ3n) is 4.87. The molecule has 0 N–H and O–H groups in total. The molecular formula is C22H22N2O5S. The summed E-state index contributed by atoms with van der Waals surface area (Å²) in [4.78, 5) is 29.4. The Morgan fingerprint density at radius 1 is 1.10 bits per heavy atom. The van der Waals surface area contributed by atoms with Crippen molar-refractivity contribution in [3.8, 4) is 11.5 Å². The summed E-state index contributed by atoms with van der Waals surface area (Å²) in [5.74, 6) is 0.559. The zero-order chi connectivity index (χ0) is 21.1. The number of hydrogen-bond acceptors (Lipinski definition) is 6.